The highest BCUT2D eigenvalue weighted by atomic mass is 16.1. The summed E-state index contributed by atoms with van der Waals surface area (Å²) < 4.78 is 0. The molecule has 0 radical (unpaired) electrons. The molecular formula is C14H20N2O2. The van der Waals surface area contributed by atoms with E-state index in [0.29, 0.717) is 19.4 Å². The molecule has 0 saturated carbocycles. The maximum Gasteiger partial charge on any atom is 0.220 e. The second kappa shape index (κ2) is 8.28. The van der Waals surface area contributed by atoms with E-state index in [1.807, 2.05) is 30.3 Å². The van der Waals surface area contributed by atoms with Crippen LogP contribution in [0.15, 0.2) is 30.3 Å². The molecule has 0 heterocycles. The average Bonchev–Trinajstić information content (AvgIpc) is 2.37. The molecule has 0 atom stereocenters. The van der Waals surface area contributed by atoms with Crippen molar-refractivity contribution in [2.45, 2.75) is 32.1 Å². The molecule has 2 amide bonds. The third kappa shape index (κ3) is 6.68. The van der Waals surface area contributed by atoms with Crippen molar-refractivity contribution in [3.8, 4) is 0 Å². The van der Waals surface area contributed by atoms with Gasteiger partial charge in [-0.2, -0.15) is 0 Å². The van der Waals surface area contributed by atoms with E-state index in [9.17, 15) is 9.59 Å². The Morgan fingerprint density at radius 1 is 1.06 bits per heavy atom. The Bertz CT molecular complexity index is 377. The normalized spacial score (nSPS) is 10.0. The van der Waals surface area contributed by atoms with E-state index in [-0.39, 0.29) is 11.8 Å². The van der Waals surface area contributed by atoms with Gasteiger partial charge < -0.3 is 11.1 Å². The van der Waals surface area contributed by atoms with Crippen LogP contribution in [0.3, 0.4) is 0 Å². The Morgan fingerprint density at radius 3 is 2.44 bits per heavy atom. The van der Waals surface area contributed by atoms with Crippen LogP contribution in [0, 0.1) is 0 Å². The molecule has 0 aromatic heterocycles. The number of benzene rings is 1. The first-order valence-corrected chi connectivity index (χ1v) is 6.27. The minimum absolute atomic E-state index is 0.0536. The largest absolute Gasteiger partial charge is 0.370 e. The molecule has 1 aromatic carbocycles. The molecule has 98 valence electrons. The summed E-state index contributed by atoms with van der Waals surface area (Å²) in [4.78, 5) is 22.0. The van der Waals surface area contributed by atoms with E-state index in [2.05, 4.69) is 5.32 Å². The minimum Gasteiger partial charge on any atom is -0.370 e. The fraction of sp³-hybridized carbons (Fsp3) is 0.429. The molecule has 0 saturated heterocycles. The van der Waals surface area contributed by atoms with Gasteiger partial charge in [-0.05, 0) is 24.8 Å². The maximum absolute atomic E-state index is 11.5. The third-order valence-electron chi connectivity index (χ3n) is 2.66. The molecule has 0 aliphatic rings. The summed E-state index contributed by atoms with van der Waals surface area (Å²) in [5.41, 5.74) is 6.19. The second-order valence-corrected chi connectivity index (χ2v) is 4.26. The summed E-state index contributed by atoms with van der Waals surface area (Å²) in [6.07, 6.45) is 3.17. The summed E-state index contributed by atoms with van der Waals surface area (Å²) in [6, 6.07) is 9.93. The zero-order valence-electron chi connectivity index (χ0n) is 10.5. The topological polar surface area (TPSA) is 72.2 Å². The van der Waals surface area contributed by atoms with Crippen molar-refractivity contribution >= 4 is 11.8 Å². The molecule has 1 rings (SSSR count). The fourth-order valence-electron chi connectivity index (χ4n) is 1.64. The first-order chi connectivity index (χ1) is 8.68. The predicted molar refractivity (Wildman–Crippen MR) is 70.8 cm³/mol. The number of hydrogen-bond acceptors (Lipinski definition) is 2. The van der Waals surface area contributed by atoms with Crippen molar-refractivity contribution in [2.75, 3.05) is 6.54 Å². The summed E-state index contributed by atoms with van der Waals surface area (Å²) in [5.74, 6) is -0.233. The lowest BCUT2D eigenvalue weighted by Gasteiger charge is -2.04. The quantitative estimate of drug-likeness (QED) is 0.682. The van der Waals surface area contributed by atoms with E-state index in [4.69, 9.17) is 5.73 Å². The van der Waals surface area contributed by atoms with Crippen LogP contribution in [0.4, 0.5) is 0 Å². The second-order valence-electron chi connectivity index (χ2n) is 4.26. The van der Waals surface area contributed by atoms with Crippen LogP contribution in [0.5, 0.6) is 0 Å². The lowest BCUT2D eigenvalue weighted by Crippen LogP contribution is -2.24. The highest BCUT2D eigenvalue weighted by Gasteiger charge is 2.01. The minimum atomic E-state index is -0.287. The van der Waals surface area contributed by atoms with Crippen molar-refractivity contribution in [3.63, 3.8) is 0 Å². The number of aryl methyl sites for hydroxylation is 1. The van der Waals surface area contributed by atoms with Crippen molar-refractivity contribution < 1.29 is 9.59 Å². The van der Waals surface area contributed by atoms with Crippen LogP contribution in [0.1, 0.15) is 31.2 Å². The number of nitrogens with one attached hydrogen (secondary N) is 1. The molecule has 0 aliphatic heterocycles. The van der Waals surface area contributed by atoms with Gasteiger partial charge in [-0.3, -0.25) is 9.59 Å². The van der Waals surface area contributed by atoms with Gasteiger partial charge in [0.2, 0.25) is 11.8 Å². The van der Waals surface area contributed by atoms with Gasteiger partial charge >= 0.3 is 0 Å². The van der Waals surface area contributed by atoms with Crippen LogP contribution < -0.4 is 11.1 Å². The Morgan fingerprint density at radius 2 is 1.78 bits per heavy atom. The van der Waals surface area contributed by atoms with Gasteiger partial charge in [0.25, 0.3) is 0 Å². The Labute approximate surface area is 108 Å². The number of primary amides is 1. The van der Waals surface area contributed by atoms with Crippen LogP contribution >= 0.6 is 0 Å². The number of amides is 2. The zero-order valence-corrected chi connectivity index (χ0v) is 10.5. The summed E-state index contributed by atoms with van der Waals surface area (Å²) in [7, 11) is 0. The van der Waals surface area contributed by atoms with E-state index >= 15 is 0 Å². The van der Waals surface area contributed by atoms with Crippen molar-refractivity contribution in [1.29, 1.82) is 0 Å². The van der Waals surface area contributed by atoms with Gasteiger partial charge in [-0.1, -0.05) is 30.3 Å². The van der Waals surface area contributed by atoms with Gasteiger partial charge in [0.1, 0.15) is 0 Å². The average molecular weight is 248 g/mol. The standard InChI is InChI=1S/C14H20N2O2/c15-13(17)8-4-5-11-16-14(18)10-9-12-6-2-1-3-7-12/h1-3,6-7H,4-5,8-11H2,(H2,15,17)(H,16,18). The van der Waals surface area contributed by atoms with Crippen molar-refractivity contribution in [1.82, 2.24) is 5.32 Å². The summed E-state index contributed by atoms with van der Waals surface area (Å²) in [6.45, 7) is 0.612. The van der Waals surface area contributed by atoms with Crippen LogP contribution in [-0.4, -0.2) is 18.4 Å². The molecular weight excluding hydrogens is 228 g/mol. The van der Waals surface area contributed by atoms with Crippen molar-refractivity contribution in [3.05, 3.63) is 35.9 Å². The van der Waals surface area contributed by atoms with E-state index in [1.54, 1.807) is 0 Å². The predicted octanol–water partition coefficient (Wildman–Crippen LogP) is 1.39. The number of unbranched alkanes of at least 4 members (excludes halogenated alkanes) is 1. The lowest BCUT2D eigenvalue weighted by molar-refractivity contribution is -0.121. The summed E-state index contributed by atoms with van der Waals surface area (Å²) in [5, 5.41) is 2.84. The van der Waals surface area contributed by atoms with Gasteiger partial charge in [0.05, 0.1) is 0 Å². The van der Waals surface area contributed by atoms with Crippen LogP contribution in [0.2, 0.25) is 0 Å². The Balaban J connectivity index is 2.06. The molecule has 4 nitrogen and oxygen atoms in total. The Kier molecular flexibility index (Phi) is 6.54. The molecule has 0 fully saturated rings. The number of rotatable bonds is 8. The molecule has 4 heteroatoms. The first-order valence-electron chi connectivity index (χ1n) is 6.27. The van der Waals surface area contributed by atoms with Crippen LogP contribution in [-0.2, 0) is 16.0 Å². The molecule has 0 spiro atoms. The zero-order chi connectivity index (χ0) is 13.2. The molecule has 0 unspecified atom stereocenters. The number of nitrogens with two attached hydrogens (primary N) is 1. The lowest BCUT2D eigenvalue weighted by atomic mass is 10.1. The van der Waals surface area contributed by atoms with E-state index in [0.717, 1.165) is 19.3 Å². The monoisotopic (exact) mass is 248 g/mol. The highest BCUT2D eigenvalue weighted by Crippen LogP contribution is 2.02. The molecule has 1 aromatic rings. The maximum atomic E-state index is 11.5. The SMILES string of the molecule is NC(=O)CCCCNC(=O)CCc1ccccc1. The van der Waals surface area contributed by atoms with E-state index < -0.39 is 0 Å². The molecule has 18 heavy (non-hydrogen) atoms. The smallest absolute Gasteiger partial charge is 0.220 e. The highest BCUT2D eigenvalue weighted by molar-refractivity contribution is 5.76. The summed E-state index contributed by atoms with van der Waals surface area (Å²) >= 11 is 0. The van der Waals surface area contributed by atoms with Gasteiger partial charge in [-0.15, -0.1) is 0 Å². The number of carbonyl (C=O) groups excluding carboxylic acids is 2. The molecule has 0 bridgehead atoms. The Hall–Kier alpha value is -1.84. The van der Waals surface area contributed by atoms with Gasteiger partial charge in [-0.25, -0.2) is 0 Å². The third-order valence-corrected chi connectivity index (χ3v) is 2.66. The first kappa shape index (κ1) is 14.2. The van der Waals surface area contributed by atoms with Crippen molar-refractivity contribution in [2.24, 2.45) is 5.73 Å². The van der Waals surface area contributed by atoms with Gasteiger partial charge in [0, 0.05) is 19.4 Å². The fourth-order valence-corrected chi connectivity index (χ4v) is 1.64. The van der Waals surface area contributed by atoms with Crippen LogP contribution in [0.25, 0.3) is 0 Å². The molecule has 0 aliphatic carbocycles. The number of carbonyl (C=O) groups is 2. The van der Waals surface area contributed by atoms with E-state index in [1.165, 1.54) is 5.56 Å². The molecule has 3 N–H and O–H groups in total. The number of hydrogen-bond donors (Lipinski definition) is 2. The van der Waals surface area contributed by atoms with Gasteiger partial charge in [0.15, 0.2) is 0 Å².